The van der Waals surface area contributed by atoms with Crippen LogP contribution in [0.15, 0.2) is 12.1 Å². The lowest BCUT2D eigenvalue weighted by Crippen LogP contribution is -2.20. The summed E-state index contributed by atoms with van der Waals surface area (Å²) in [5.74, 6) is -2.79. The molecule has 4 nitrogen and oxygen atoms in total. The van der Waals surface area contributed by atoms with E-state index < -0.39 is 40.9 Å². The summed E-state index contributed by atoms with van der Waals surface area (Å²) < 4.78 is 82.6. The third-order valence-electron chi connectivity index (χ3n) is 2.26. The van der Waals surface area contributed by atoms with E-state index in [9.17, 15) is 31.1 Å². The second-order valence-electron chi connectivity index (χ2n) is 3.77. The molecule has 22 heavy (non-hydrogen) atoms. The second kappa shape index (κ2) is 6.13. The lowest BCUT2D eigenvalue weighted by molar-refractivity contribution is -0.274. The van der Waals surface area contributed by atoms with Gasteiger partial charge in [0.2, 0.25) is 0 Å². The number of halogens is 6. The highest BCUT2D eigenvalue weighted by Gasteiger charge is 2.37. The van der Waals surface area contributed by atoms with Crippen molar-refractivity contribution in [2.45, 2.75) is 19.5 Å². The molecule has 1 aromatic rings. The van der Waals surface area contributed by atoms with Crippen molar-refractivity contribution in [2.75, 3.05) is 6.61 Å². The number of hydrogen-bond donors (Lipinski definition) is 0. The van der Waals surface area contributed by atoms with Gasteiger partial charge >= 0.3 is 18.5 Å². The molecular formula is C12H7F6NO3. The molecule has 0 N–H and O–H groups in total. The molecule has 0 heterocycles. The van der Waals surface area contributed by atoms with Gasteiger partial charge in [-0.25, -0.2) is 4.79 Å². The molecule has 0 atom stereocenters. The molecule has 10 heteroatoms. The maximum atomic E-state index is 12.7. The lowest BCUT2D eigenvalue weighted by atomic mass is 10.0. The predicted molar refractivity (Wildman–Crippen MR) is 58.8 cm³/mol. The van der Waals surface area contributed by atoms with Crippen LogP contribution in [-0.2, 0) is 10.9 Å². The Kier molecular flexibility index (Phi) is 4.91. The van der Waals surface area contributed by atoms with E-state index in [2.05, 4.69) is 9.47 Å². The Hall–Kier alpha value is -2.44. The van der Waals surface area contributed by atoms with Gasteiger partial charge in [0.1, 0.15) is 17.4 Å². The lowest BCUT2D eigenvalue weighted by Gasteiger charge is -2.15. The van der Waals surface area contributed by atoms with Crippen molar-refractivity contribution >= 4 is 5.97 Å². The van der Waals surface area contributed by atoms with Gasteiger partial charge in [-0.3, -0.25) is 0 Å². The minimum Gasteiger partial charge on any atom is -0.462 e. The van der Waals surface area contributed by atoms with Crippen LogP contribution in [0.3, 0.4) is 0 Å². The van der Waals surface area contributed by atoms with Gasteiger partial charge in [-0.1, -0.05) is 0 Å². The summed E-state index contributed by atoms with van der Waals surface area (Å²) >= 11 is 0. The van der Waals surface area contributed by atoms with Crippen LogP contribution in [0.4, 0.5) is 26.3 Å². The molecule has 1 rings (SSSR count). The Morgan fingerprint density at radius 3 is 2.23 bits per heavy atom. The van der Waals surface area contributed by atoms with E-state index in [0.29, 0.717) is 0 Å². The second-order valence-corrected chi connectivity index (χ2v) is 3.77. The van der Waals surface area contributed by atoms with Gasteiger partial charge in [0.25, 0.3) is 0 Å². The normalized spacial score (nSPS) is 11.7. The Bertz CT molecular complexity index is 615. The van der Waals surface area contributed by atoms with Gasteiger partial charge in [-0.2, -0.15) is 18.4 Å². The highest BCUT2D eigenvalue weighted by Crippen LogP contribution is 2.37. The molecule has 0 saturated carbocycles. The quantitative estimate of drug-likeness (QED) is 0.628. The molecule has 0 aliphatic carbocycles. The molecule has 1 aromatic carbocycles. The number of benzene rings is 1. The van der Waals surface area contributed by atoms with Crippen LogP contribution in [0, 0.1) is 11.3 Å². The average molecular weight is 327 g/mol. The first kappa shape index (κ1) is 17.6. The SMILES string of the molecule is CCOC(=O)c1cc(C(F)(F)F)cc(OC(F)(F)F)c1C#N. The highest BCUT2D eigenvalue weighted by molar-refractivity contribution is 5.93. The minimum absolute atomic E-state index is 0.00519. The van der Waals surface area contributed by atoms with Gasteiger partial charge < -0.3 is 9.47 Å². The zero-order valence-corrected chi connectivity index (χ0v) is 10.8. The molecule has 0 saturated heterocycles. The Labute approximate surface area is 119 Å². The summed E-state index contributed by atoms with van der Waals surface area (Å²) in [5.41, 5.74) is -3.53. The van der Waals surface area contributed by atoms with Crippen molar-refractivity contribution < 1.29 is 40.6 Å². The maximum Gasteiger partial charge on any atom is 0.573 e. The number of carbonyl (C=O) groups excluding carboxylic acids is 1. The van der Waals surface area contributed by atoms with E-state index >= 15 is 0 Å². The number of hydrogen-bond acceptors (Lipinski definition) is 4. The van der Waals surface area contributed by atoms with E-state index in [1.54, 1.807) is 0 Å². The van der Waals surface area contributed by atoms with Crippen molar-refractivity contribution in [3.8, 4) is 11.8 Å². The first-order valence-corrected chi connectivity index (χ1v) is 5.57. The monoisotopic (exact) mass is 327 g/mol. The van der Waals surface area contributed by atoms with Crippen LogP contribution in [0.5, 0.6) is 5.75 Å². The summed E-state index contributed by atoms with van der Waals surface area (Å²) in [6, 6.07) is 1.44. The van der Waals surface area contributed by atoms with Crippen LogP contribution in [-0.4, -0.2) is 18.9 Å². The number of nitrogens with zero attached hydrogens (tertiary/aromatic N) is 1. The van der Waals surface area contributed by atoms with E-state index in [-0.39, 0.29) is 18.7 Å². The van der Waals surface area contributed by atoms with E-state index in [1.165, 1.54) is 13.0 Å². The van der Waals surface area contributed by atoms with Gasteiger partial charge in [0.05, 0.1) is 17.7 Å². The molecule has 0 spiro atoms. The van der Waals surface area contributed by atoms with Gasteiger partial charge in [-0.15, -0.1) is 13.2 Å². The predicted octanol–water partition coefficient (Wildman–Crippen LogP) is 3.65. The molecule has 0 bridgehead atoms. The molecule has 120 valence electrons. The number of esters is 1. The molecule has 0 unspecified atom stereocenters. The van der Waals surface area contributed by atoms with E-state index in [1.807, 2.05) is 0 Å². The Morgan fingerprint density at radius 1 is 1.23 bits per heavy atom. The van der Waals surface area contributed by atoms with Crippen LogP contribution in [0.2, 0.25) is 0 Å². The van der Waals surface area contributed by atoms with Crippen molar-refractivity contribution in [2.24, 2.45) is 0 Å². The number of ether oxygens (including phenoxy) is 2. The average Bonchev–Trinajstić information content (AvgIpc) is 2.35. The summed E-state index contributed by atoms with van der Waals surface area (Å²) in [6.45, 7) is 1.10. The van der Waals surface area contributed by atoms with Crippen molar-refractivity contribution in [3.63, 3.8) is 0 Å². The molecule has 0 fully saturated rings. The first-order chi connectivity index (χ1) is 9.99. The maximum absolute atomic E-state index is 12.7. The molecular weight excluding hydrogens is 320 g/mol. The third kappa shape index (κ3) is 4.28. The Balaban J connectivity index is 3.57. The fraction of sp³-hybridized carbons (Fsp3) is 0.333. The molecule has 0 aliphatic heterocycles. The zero-order chi connectivity index (χ0) is 17.1. The van der Waals surface area contributed by atoms with Gasteiger partial charge in [-0.05, 0) is 19.1 Å². The minimum atomic E-state index is -5.33. The number of rotatable bonds is 3. The molecule has 0 radical (unpaired) electrons. The van der Waals surface area contributed by atoms with Crippen LogP contribution in [0.25, 0.3) is 0 Å². The summed E-state index contributed by atoms with van der Waals surface area (Å²) in [5, 5.41) is 8.82. The molecule has 0 amide bonds. The van der Waals surface area contributed by atoms with Crippen molar-refractivity contribution in [3.05, 3.63) is 28.8 Å². The first-order valence-electron chi connectivity index (χ1n) is 5.57. The highest BCUT2D eigenvalue weighted by atomic mass is 19.4. The van der Waals surface area contributed by atoms with Crippen LogP contribution < -0.4 is 4.74 Å². The fourth-order valence-corrected chi connectivity index (χ4v) is 1.47. The zero-order valence-electron chi connectivity index (χ0n) is 10.8. The number of nitriles is 1. The van der Waals surface area contributed by atoms with Crippen LogP contribution >= 0.6 is 0 Å². The molecule has 0 aromatic heterocycles. The van der Waals surface area contributed by atoms with Gasteiger partial charge in [0, 0.05) is 0 Å². The number of carbonyl (C=O) groups is 1. The molecule has 0 aliphatic rings. The van der Waals surface area contributed by atoms with E-state index in [4.69, 9.17) is 5.26 Å². The van der Waals surface area contributed by atoms with Crippen LogP contribution in [0.1, 0.15) is 28.4 Å². The van der Waals surface area contributed by atoms with Gasteiger partial charge in [0.15, 0.2) is 0 Å². The standard InChI is InChI=1S/C12H7F6NO3/c1-2-21-10(20)7-3-6(11(13,14)15)4-9(8(7)5-19)22-12(16,17)18/h3-4H,2H2,1H3. The van der Waals surface area contributed by atoms with E-state index in [0.717, 1.165) is 0 Å². The summed E-state index contributed by atoms with van der Waals surface area (Å²) in [4.78, 5) is 11.5. The summed E-state index contributed by atoms with van der Waals surface area (Å²) in [6.07, 6.45) is -10.4. The number of alkyl halides is 6. The third-order valence-corrected chi connectivity index (χ3v) is 2.26. The summed E-state index contributed by atoms with van der Waals surface area (Å²) in [7, 11) is 0. The fourth-order valence-electron chi connectivity index (χ4n) is 1.47. The van der Waals surface area contributed by atoms with Crippen molar-refractivity contribution in [1.29, 1.82) is 5.26 Å². The Morgan fingerprint density at radius 2 is 1.82 bits per heavy atom. The van der Waals surface area contributed by atoms with Crippen molar-refractivity contribution in [1.82, 2.24) is 0 Å². The largest absolute Gasteiger partial charge is 0.573 e. The topological polar surface area (TPSA) is 59.3 Å². The smallest absolute Gasteiger partial charge is 0.462 e.